The number of imidazole rings is 1. The van der Waals surface area contributed by atoms with Gasteiger partial charge in [-0.3, -0.25) is 4.90 Å². The number of hydrogen-bond acceptors (Lipinski definition) is 4. The highest BCUT2D eigenvalue weighted by molar-refractivity contribution is 5.75. The van der Waals surface area contributed by atoms with Crippen LogP contribution in [-0.4, -0.2) is 81.6 Å². The number of benzene rings is 1. The Morgan fingerprint density at radius 1 is 1.09 bits per heavy atom. The maximum absolute atomic E-state index is 14.6. The van der Waals surface area contributed by atoms with E-state index in [0.29, 0.717) is 36.6 Å². The van der Waals surface area contributed by atoms with Crippen LogP contribution in [0.4, 0.5) is 9.18 Å². The number of aromatic nitrogens is 2. The number of nitrogens with zero attached hydrogens (tertiary/aromatic N) is 5. The van der Waals surface area contributed by atoms with Crippen LogP contribution in [0.5, 0.6) is 0 Å². The summed E-state index contributed by atoms with van der Waals surface area (Å²) in [5.74, 6) is 0.261. The fourth-order valence-corrected chi connectivity index (χ4v) is 4.92. The number of nitrogens with one attached hydrogen (secondary N) is 1. The minimum absolute atomic E-state index is 0.171. The lowest BCUT2D eigenvalue weighted by Gasteiger charge is -2.43. The Labute approximate surface area is 190 Å². The van der Waals surface area contributed by atoms with E-state index in [9.17, 15) is 9.18 Å². The van der Waals surface area contributed by atoms with Crippen LogP contribution in [0.25, 0.3) is 0 Å². The van der Waals surface area contributed by atoms with Crippen molar-refractivity contribution in [1.82, 2.24) is 29.6 Å². The molecule has 32 heavy (non-hydrogen) atoms. The Morgan fingerprint density at radius 3 is 2.38 bits per heavy atom. The molecule has 0 radical (unpaired) electrons. The van der Waals surface area contributed by atoms with Crippen LogP contribution in [0.3, 0.4) is 0 Å². The third-order valence-electron chi connectivity index (χ3n) is 6.95. The van der Waals surface area contributed by atoms with Gasteiger partial charge in [0.1, 0.15) is 17.7 Å². The molecule has 2 aromatic rings. The molecule has 2 amide bonds. The molecule has 2 aliphatic heterocycles. The van der Waals surface area contributed by atoms with E-state index in [2.05, 4.69) is 33.9 Å². The number of amides is 2. The normalized spacial score (nSPS) is 20.0. The Morgan fingerprint density at radius 2 is 1.78 bits per heavy atom. The summed E-state index contributed by atoms with van der Waals surface area (Å²) in [5.41, 5.74) is 0.422. The van der Waals surface area contributed by atoms with Crippen molar-refractivity contribution in [3.8, 4) is 0 Å². The van der Waals surface area contributed by atoms with Gasteiger partial charge in [-0.15, -0.1) is 0 Å². The second-order valence-corrected chi connectivity index (χ2v) is 9.18. The Kier molecular flexibility index (Phi) is 7.10. The number of carbonyl (C=O) groups excluding carboxylic acids is 1. The standard InChI is InChI=1S/C24H35FN6O/c1-18(2)29-11-8-19(9-12-29)30-14-16-31(17-15-30)24(32)27-22(23-26-10-13-28(23)3)20-6-4-5-7-21(20)25/h4-7,10,13,18-19,22H,8-9,11-12,14-17H2,1-3H3,(H,27,32). The SMILES string of the molecule is CC(C)N1CCC(N2CCN(C(=O)NC(c3ccccc3F)c3nccn3C)CC2)CC1. The van der Waals surface area contributed by atoms with Crippen LogP contribution in [-0.2, 0) is 7.05 Å². The Hall–Kier alpha value is -2.45. The van der Waals surface area contributed by atoms with E-state index in [1.807, 2.05) is 16.5 Å². The molecular weight excluding hydrogens is 407 g/mol. The number of piperazine rings is 1. The number of piperidine rings is 1. The molecule has 1 N–H and O–H groups in total. The molecule has 2 fully saturated rings. The highest BCUT2D eigenvalue weighted by Crippen LogP contribution is 2.24. The molecule has 1 aromatic carbocycles. The van der Waals surface area contributed by atoms with Crippen molar-refractivity contribution >= 4 is 6.03 Å². The summed E-state index contributed by atoms with van der Waals surface area (Å²) in [6.45, 7) is 9.95. The second kappa shape index (κ2) is 10.0. The van der Waals surface area contributed by atoms with Gasteiger partial charge in [0, 0.05) is 63.3 Å². The Balaban J connectivity index is 1.37. The van der Waals surface area contributed by atoms with Gasteiger partial charge in [0.25, 0.3) is 0 Å². The summed E-state index contributed by atoms with van der Waals surface area (Å²) in [6, 6.07) is 6.96. The lowest BCUT2D eigenvalue weighted by molar-refractivity contribution is 0.0601. The molecule has 8 heteroatoms. The summed E-state index contributed by atoms with van der Waals surface area (Å²) in [5, 5.41) is 3.04. The first-order chi connectivity index (χ1) is 15.4. The van der Waals surface area contributed by atoms with Crippen molar-refractivity contribution in [2.45, 2.75) is 44.8 Å². The van der Waals surface area contributed by atoms with Crippen molar-refractivity contribution in [2.75, 3.05) is 39.3 Å². The number of aryl methyl sites for hydroxylation is 1. The van der Waals surface area contributed by atoms with Crippen molar-refractivity contribution in [2.24, 2.45) is 7.05 Å². The largest absolute Gasteiger partial charge is 0.336 e. The van der Waals surface area contributed by atoms with Gasteiger partial charge in [-0.2, -0.15) is 0 Å². The fraction of sp³-hybridized carbons (Fsp3) is 0.583. The maximum Gasteiger partial charge on any atom is 0.318 e. The van der Waals surface area contributed by atoms with Gasteiger partial charge in [-0.25, -0.2) is 14.2 Å². The number of urea groups is 1. The molecule has 3 heterocycles. The monoisotopic (exact) mass is 442 g/mol. The minimum atomic E-state index is -0.637. The smallest absolute Gasteiger partial charge is 0.318 e. The average molecular weight is 443 g/mol. The van der Waals surface area contributed by atoms with Crippen LogP contribution in [0, 0.1) is 5.82 Å². The third kappa shape index (κ3) is 4.96. The van der Waals surface area contributed by atoms with Gasteiger partial charge in [-0.1, -0.05) is 18.2 Å². The van der Waals surface area contributed by atoms with E-state index in [1.54, 1.807) is 30.6 Å². The predicted octanol–water partition coefficient (Wildman–Crippen LogP) is 2.85. The molecule has 0 saturated carbocycles. The molecule has 7 nitrogen and oxygen atoms in total. The van der Waals surface area contributed by atoms with Crippen molar-refractivity contribution < 1.29 is 9.18 Å². The van der Waals surface area contributed by atoms with Crippen molar-refractivity contribution in [3.63, 3.8) is 0 Å². The van der Waals surface area contributed by atoms with Gasteiger partial charge in [0.15, 0.2) is 0 Å². The van der Waals surface area contributed by atoms with Gasteiger partial charge >= 0.3 is 6.03 Å². The first-order valence-corrected chi connectivity index (χ1v) is 11.7. The summed E-state index contributed by atoms with van der Waals surface area (Å²) < 4.78 is 16.4. The number of rotatable bonds is 5. The predicted molar refractivity (Wildman–Crippen MR) is 123 cm³/mol. The van der Waals surface area contributed by atoms with Crippen molar-refractivity contribution in [3.05, 3.63) is 53.9 Å². The van der Waals surface area contributed by atoms with Crippen LogP contribution in [0.1, 0.15) is 44.1 Å². The first-order valence-electron chi connectivity index (χ1n) is 11.7. The van der Waals surface area contributed by atoms with Gasteiger partial charge < -0.3 is 19.7 Å². The molecule has 2 saturated heterocycles. The Bertz CT molecular complexity index is 899. The zero-order chi connectivity index (χ0) is 22.7. The summed E-state index contributed by atoms with van der Waals surface area (Å²) >= 11 is 0. The molecular formula is C24H35FN6O. The molecule has 0 spiro atoms. The van der Waals surface area contributed by atoms with Gasteiger partial charge in [-0.05, 0) is 45.8 Å². The third-order valence-corrected chi connectivity index (χ3v) is 6.95. The van der Waals surface area contributed by atoms with Gasteiger partial charge in [0.05, 0.1) is 0 Å². The molecule has 1 unspecified atom stereocenters. The molecule has 0 bridgehead atoms. The van der Waals surface area contributed by atoms with Crippen molar-refractivity contribution in [1.29, 1.82) is 0 Å². The number of likely N-dealkylation sites (tertiary alicyclic amines) is 1. The lowest BCUT2D eigenvalue weighted by Crippen LogP contribution is -2.56. The molecule has 0 aliphatic carbocycles. The summed E-state index contributed by atoms with van der Waals surface area (Å²) in [6.07, 6.45) is 5.86. The molecule has 2 aliphatic rings. The molecule has 174 valence electrons. The highest BCUT2D eigenvalue weighted by Gasteiger charge is 2.31. The summed E-state index contributed by atoms with van der Waals surface area (Å²) in [4.78, 5) is 24.4. The number of halogens is 1. The van der Waals surface area contributed by atoms with E-state index in [4.69, 9.17) is 0 Å². The van der Waals surface area contributed by atoms with Gasteiger partial charge in [0.2, 0.25) is 0 Å². The van der Waals surface area contributed by atoms with E-state index in [-0.39, 0.29) is 11.8 Å². The zero-order valence-electron chi connectivity index (χ0n) is 19.4. The van der Waals surface area contributed by atoms with E-state index in [1.165, 1.54) is 18.9 Å². The minimum Gasteiger partial charge on any atom is -0.336 e. The molecule has 4 rings (SSSR count). The highest BCUT2D eigenvalue weighted by atomic mass is 19.1. The van der Waals surface area contributed by atoms with Crippen LogP contribution < -0.4 is 5.32 Å². The first kappa shape index (κ1) is 22.7. The lowest BCUT2D eigenvalue weighted by atomic mass is 10.0. The molecule has 1 aromatic heterocycles. The number of hydrogen-bond donors (Lipinski definition) is 1. The average Bonchev–Trinajstić information content (AvgIpc) is 3.23. The van der Waals surface area contributed by atoms with E-state index < -0.39 is 6.04 Å². The fourth-order valence-electron chi connectivity index (χ4n) is 4.92. The van der Waals surface area contributed by atoms with E-state index in [0.717, 1.165) is 26.2 Å². The quantitative estimate of drug-likeness (QED) is 0.774. The topological polar surface area (TPSA) is 56.6 Å². The maximum atomic E-state index is 14.6. The molecule has 1 atom stereocenters. The van der Waals surface area contributed by atoms with E-state index >= 15 is 0 Å². The zero-order valence-corrected chi connectivity index (χ0v) is 19.4. The summed E-state index contributed by atoms with van der Waals surface area (Å²) in [7, 11) is 1.85. The second-order valence-electron chi connectivity index (χ2n) is 9.18. The van der Waals surface area contributed by atoms with Crippen LogP contribution in [0.15, 0.2) is 36.7 Å². The van der Waals surface area contributed by atoms with Crippen LogP contribution in [0.2, 0.25) is 0 Å². The number of carbonyl (C=O) groups is 1. The van der Waals surface area contributed by atoms with Crippen LogP contribution >= 0.6 is 0 Å².